The summed E-state index contributed by atoms with van der Waals surface area (Å²) < 4.78 is 2.77. The van der Waals surface area contributed by atoms with Crippen molar-refractivity contribution in [3.63, 3.8) is 0 Å². The van der Waals surface area contributed by atoms with E-state index in [0.717, 1.165) is 0 Å². The van der Waals surface area contributed by atoms with Gasteiger partial charge < -0.3 is 5.73 Å². The zero-order chi connectivity index (χ0) is 8.43. The van der Waals surface area contributed by atoms with Gasteiger partial charge >= 0.3 is 0 Å². The third-order valence-electron chi connectivity index (χ3n) is 1.58. The first-order chi connectivity index (χ1) is 5.16. The number of rotatable bonds is 1. The number of thiol groups is 1. The van der Waals surface area contributed by atoms with Gasteiger partial charge in [-0.15, -0.1) is 11.6 Å². The van der Waals surface area contributed by atoms with Gasteiger partial charge in [-0.1, -0.05) is 28.7 Å². The van der Waals surface area contributed by atoms with Crippen molar-refractivity contribution in [1.82, 2.24) is 15.6 Å². The van der Waals surface area contributed by atoms with E-state index < -0.39 is 0 Å². The van der Waals surface area contributed by atoms with E-state index in [-0.39, 0.29) is 22.5 Å². The molecule has 0 aliphatic carbocycles. The van der Waals surface area contributed by atoms with E-state index in [1.165, 1.54) is 0 Å². The van der Waals surface area contributed by atoms with Crippen LogP contribution in [0.4, 0.5) is 0 Å². The molecule has 0 aromatic heterocycles. The molecule has 4 atom stereocenters. The van der Waals surface area contributed by atoms with E-state index in [9.17, 15) is 0 Å². The maximum absolute atomic E-state index is 5.81. The van der Waals surface area contributed by atoms with Crippen LogP contribution in [0, 0.1) is 0 Å². The Labute approximate surface area is 84.2 Å². The standard InChI is InChI=1S/C4H10BrClN4S/c5-3-2(10-11)1(7)4(6)9-8-3/h1-4,8-11H,7H2. The molecule has 4 unspecified atom stereocenters. The Bertz CT molecular complexity index is 139. The molecule has 1 rings (SSSR count). The second kappa shape index (κ2) is 4.27. The third kappa shape index (κ3) is 2.21. The quantitative estimate of drug-likeness (QED) is 0.251. The second-order valence-electron chi connectivity index (χ2n) is 2.32. The summed E-state index contributed by atoms with van der Waals surface area (Å²) >= 11 is 13.1. The van der Waals surface area contributed by atoms with E-state index in [1.54, 1.807) is 0 Å². The van der Waals surface area contributed by atoms with Crippen molar-refractivity contribution in [3.8, 4) is 0 Å². The van der Waals surface area contributed by atoms with Crippen molar-refractivity contribution in [2.75, 3.05) is 0 Å². The molecule has 4 nitrogen and oxygen atoms in total. The van der Waals surface area contributed by atoms with Crippen molar-refractivity contribution < 1.29 is 0 Å². The highest BCUT2D eigenvalue weighted by Crippen LogP contribution is 2.14. The topological polar surface area (TPSA) is 62.1 Å². The van der Waals surface area contributed by atoms with Crippen LogP contribution in [-0.2, 0) is 0 Å². The first-order valence-corrected chi connectivity index (χ1v) is 4.91. The monoisotopic (exact) mass is 260 g/mol. The van der Waals surface area contributed by atoms with E-state index in [0.29, 0.717) is 0 Å². The summed E-state index contributed by atoms with van der Waals surface area (Å²) in [6.07, 6.45) is 0. The number of nitrogens with two attached hydrogens (primary N) is 1. The van der Waals surface area contributed by atoms with Gasteiger partial charge in [-0.2, -0.15) is 0 Å². The van der Waals surface area contributed by atoms with Gasteiger partial charge in [0.05, 0.1) is 17.0 Å². The van der Waals surface area contributed by atoms with E-state index in [2.05, 4.69) is 44.3 Å². The number of nitrogens with one attached hydrogen (secondary N) is 3. The molecule has 1 fully saturated rings. The molecule has 5 N–H and O–H groups in total. The summed E-state index contributed by atoms with van der Waals surface area (Å²) in [5.41, 5.74) is 11.2. The maximum atomic E-state index is 5.81. The van der Waals surface area contributed by atoms with Crippen molar-refractivity contribution in [2.45, 2.75) is 22.5 Å². The summed E-state index contributed by atoms with van der Waals surface area (Å²) in [5.74, 6) is 0. The minimum Gasteiger partial charge on any atom is -0.324 e. The zero-order valence-corrected chi connectivity index (χ0v) is 8.83. The van der Waals surface area contributed by atoms with Crippen molar-refractivity contribution in [3.05, 3.63) is 0 Å². The van der Waals surface area contributed by atoms with E-state index in [4.69, 9.17) is 17.3 Å². The van der Waals surface area contributed by atoms with Gasteiger partial charge in [0.25, 0.3) is 0 Å². The first-order valence-electron chi connectivity index (χ1n) is 3.11. The Kier molecular flexibility index (Phi) is 3.90. The van der Waals surface area contributed by atoms with Crippen LogP contribution in [0.2, 0.25) is 0 Å². The second-order valence-corrected chi connectivity index (χ2v) is 4.04. The molecule has 0 amide bonds. The SMILES string of the molecule is NC1C(Cl)NNC(Br)C1NS. The van der Waals surface area contributed by atoms with Crippen LogP contribution in [0.25, 0.3) is 0 Å². The van der Waals surface area contributed by atoms with E-state index in [1.807, 2.05) is 0 Å². The third-order valence-corrected chi connectivity index (χ3v) is 3.07. The van der Waals surface area contributed by atoms with Gasteiger partial charge in [0.2, 0.25) is 0 Å². The van der Waals surface area contributed by atoms with Crippen LogP contribution in [0.1, 0.15) is 0 Å². The van der Waals surface area contributed by atoms with Crippen molar-refractivity contribution >= 4 is 40.3 Å². The van der Waals surface area contributed by atoms with Gasteiger partial charge in [0.15, 0.2) is 0 Å². The van der Waals surface area contributed by atoms with Gasteiger partial charge in [-0.05, 0) is 0 Å². The lowest BCUT2D eigenvalue weighted by Crippen LogP contribution is -2.68. The van der Waals surface area contributed by atoms with Crippen LogP contribution < -0.4 is 21.3 Å². The molecule has 1 aliphatic heterocycles. The summed E-state index contributed by atoms with van der Waals surface area (Å²) in [6, 6.07) is -0.179. The molecular weight excluding hydrogens is 251 g/mol. The molecule has 0 radical (unpaired) electrons. The van der Waals surface area contributed by atoms with Gasteiger partial charge in [-0.3, -0.25) is 4.72 Å². The zero-order valence-electron chi connectivity index (χ0n) is 5.59. The molecule has 0 aromatic carbocycles. The molecule has 11 heavy (non-hydrogen) atoms. The summed E-state index contributed by atoms with van der Waals surface area (Å²) in [4.78, 5) is 0.0324. The number of alkyl halides is 2. The number of hydrazine groups is 1. The molecule has 66 valence electrons. The van der Waals surface area contributed by atoms with Crippen molar-refractivity contribution in [2.24, 2.45) is 5.73 Å². The highest BCUT2D eigenvalue weighted by Gasteiger charge is 2.33. The lowest BCUT2D eigenvalue weighted by molar-refractivity contribution is 0.304. The van der Waals surface area contributed by atoms with E-state index >= 15 is 0 Å². The summed E-state index contributed by atoms with van der Waals surface area (Å²) in [5, 5.41) is 0. The predicted molar refractivity (Wildman–Crippen MR) is 52.5 cm³/mol. The van der Waals surface area contributed by atoms with Crippen molar-refractivity contribution in [1.29, 1.82) is 0 Å². The fraction of sp³-hybridized carbons (Fsp3) is 1.00. The number of hydrogen-bond donors (Lipinski definition) is 5. The molecule has 0 bridgehead atoms. The Balaban J connectivity index is 2.55. The molecule has 1 saturated heterocycles. The Morgan fingerprint density at radius 2 is 2.18 bits per heavy atom. The highest BCUT2D eigenvalue weighted by molar-refractivity contribution is 9.09. The Morgan fingerprint density at radius 1 is 1.55 bits per heavy atom. The fourth-order valence-corrected chi connectivity index (χ4v) is 2.24. The Hall–Kier alpha value is 0.960. The van der Waals surface area contributed by atoms with Crippen LogP contribution in [0.5, 0.6) is 0 Å². The van der Waals surface area contributed by atoms with Gasteiger partial charge in [-0.25, -0.2) is 10.9 Å². The molecular formula is C4H10BrClN4S. The number of hydrogen-bond acceptors (Lipinski definition) is 5. The minimum absolute atomic E-state index is 0.00193. The molecule has 0 spiro atoms. The van der Waals surface area contributed by atoms with Crippen LogP contribution in [0.3, 0.4) is 0 Å². The van der Waals surface area contributed by atoms with Crippen LogP contribution in [0.15, 0.2) is 0 Å². The first kappa shape index (κ1) is 10.0. The molecule has 1 aliphatic rings. The van der Waals surface area contributed by atoms with Gasteiger partial charge in [0, 0.05) is 0 Å². The molecule has 0 saturated carbocycles. The summed E-state index contributed by atoms with van der Waals surface area (Å²) in [6.45, 7) is 0. The highest BCUT2D eigenvalue weighted by atomic mass is 79.9. The molecule has 0 aromatic rings. The maximum Gasteiger partial charge on any atom is 0.112 e. The number of halogens is 2. The summed E-state index contributed by atoms with van der Waals surface area (Å²) in [7, 11) is 0. The predicted octanol–water partition coefficient (Wildman–Crippen LogP) is -0.490. The lowest BCUT2D eigenvalue weighted by Gasteiger charge is -2.36. The average Bonchev–Trinajstić information content (AvgIpc) is 1.99. The fourth-order valence-electron chi connectivity index (χ4n) is 0.874. The lowest BCUT2D eigenvalue weighted by atomic mass is 10.1. The minimum atomic E-state index is -0.284. The smallest absolute Gasteiger partial charge is 0.112 e. The van der Waals surface area contributed by atoms with Gasteiger partial charge in [0.1, 0.15) is 5.50 Å². The molecule has 7 heteroatoms. The van der Waals surface area contributed by atoms with Crippen LogP contribution >= 0.6 is 40.3 Å². The normalized spacial score (nSPS) is 45.8. The Morgan fingerprint density at radius 3 is 2.64 bits per heavy atom. The largest absolute Gasteiger partial charge is 0.324 e. The average molecular weight is 262 g/mol. The molecule has 1 heterocycles. The van der Waals surface area contributed by atoms with Crippen LogP contribution in [-0.4, -0.2) is 22.5 Å².